The summed E-state index contributed by atoms with van der Waals surface area (Å²) >= 11 is 0. The number of hydrogen-bond donors (Lipinski definition) is 2. The van der Waals surface area contributed by atoms with E-state index in [2.05, 4.69) is 28.5 Å². The Morgan fingerprint density at radius 1 is 0.893 bits per heavy atom. The molecule has 0 aliphatic carbocycles. The molecule has 2 N–H and O–H groups in total. The normalized spacial score (nSPS) is 14.6. The fourth-order valence-corrected chi connectivity index (χ4v) is 8.07. The molecule has 2 rings (SSSR count). The fraction of sp³-hybridized carbons (Fsp3) is 0.350. The maximum absolute atomic E-state index is 10.3. The summed E-state index contributed by atoms with van der Waals surface area (Å²) in [7, 11) is -1.79. The molecule has 0 fully saturated rings. The molecule has 0 saturated carbocycles. The minimum absolute atomic E-state index is 0.0231. The van der Waals surface area contributed by atoms with E-state index in [4.69, 9.17) is 13.5 Å². The van der Waals surface area contributed by atoms with E-state index in [1.165, 1.54) is 0 Å². The standard InChI is InChI=1S/C20H30O5P2Si/c1-15(20(26)25-28(4,5)6)27(2,3,23-18-13-9-7-11-16(18)21)24-19-14-10-8-12-17(19)22/h7-15,21-22,26H,1-6H3. The fourth-order valence-electron chi connectivity index (χ4n) is 2.58. The molecule has 0 aromatic heterocycles. The molecule has 0 saturated heterocycles. The van der Waals surface area contributed by atoms with Crippen LogP contribution in [0.3, 0.4) is 0 Å². The summed E-state index contributed by atoms with van der Waals surface area (Å²) in [6, 6.07) is 13.5. The molecule has 28 heavy (non-hydrogen) atoms. The number of benzene rings is 2. The van der Waals surface area contributed by atoms with Gasteiger partial charge in [0.2, 0.25) is 0 Å². The quantitative estimate of drug-likeness (QED) is 0.406. The molecular formula is C20H30O5P2Si. The Morgan fingerprint density at radius 2 is 1.29 bits per heavy atom. The first kappa shape index (κ1) is 22.7. The van der Waals surface area contributed by atoms with Crippen molar-refractivity contribution in [2.75, 3.05) is 13.3 Å². The third-order valence-electron chi connectivity index (χ3n) is 4.36. The molecule has 1 unspecified atom stereocenters. The zero-order valence-corrected chi connectivity index (χ0v) is 20.2. The zero-order valence-electron chi connectivity index (χ0n) is 17.3. The van der Waals surface area contributed by atoms with Gasteiger partial charge in [0.15, 0.2) is 0 Å². The monoisotopic (exact) mass is 440 g/mol. The van der Waals surface area contributed by atoms with E-state index < -0.39 is 15.4 Å². The molecule has 8 heteroatoms. The van der Waals surface area contributed by atoms with Gasteiger partial charge in [-0.1, -0.05) is 0 Å². The molecule has 0 amide bonds. The van der Waals surface area contributed by atoms with Crippen molar-refractivity contribution < 1.29 is 23.7 Å². The van der Waals surface area contributed by atoms with Gasteiger partial charge in [0.05, 0.1) is 0 Å². The Bertz CT molecular complexity index is 812. The predicted molar refractivity (Wildman–Crippen MR) is 123 cm³/mol. The van der Waals surface area contributed by atoms with Gasteiger partial charge in [-0.25, -0.2) is 0 Å². The van der Waals surface area contributed by atoms with E-state index in [1.807, 2.05) is 20.3 Å². The average Bonchev–Trinajstić information content (AvgIpc) is 2.57. The van der Waals surface area contributed by atoms with Crippen LogP contribution in [0, 0.1) is 0 Å². The number of hydrogen-bond acceptors (Lipinski definition) is 5. The Labute approximate surface area is 170 Å². The topological polar surface area (TPSA) is 68.2 Å². The van der Waals surface area contributed by atoms with Crippen LogP contribution in [0.2, 0.25) is 19.6 Å². The van der Waals surface area contributed by atoms with Crippen LogP contribution in [0.1, 0.15) is 6.92 Å². The molecule has 0 radical (unpaired) electrons. The van der Waals surface area contributed by atoms with Crippen molar-refractivity contribution in [2.45, 2.75) is 32.2 Å². The molecule has 5 nitrogen and oxygen atoms in total. The number of phenols is 2. The summed E-state index contributed by atoms with van der Waals surface area (Å²) < 4.78 is 19.0. The first-order valence-corrected chi connectivity index (χ1v) is 16.0. The van der Waals surface area contributed by atoms with Gasteiger partial charge in [-0.3, -0.25) is 0 Å². The third-order valence-corrected chi connectivity index (χ3v) is 10.1. The van der Waals surface area contributed by atoms with Gasteiger partial charge in [0, 0.05) is 0 Å². The van der Waals surface area contributed by atoms with Gasteiger partial charge in [0.25, 0.3) is 0 Å². The molecule has 0 aliphatic rings. The summed E-state index contributed by atoms with van der Waals surface area (Å²) in [5.41, 5.74) is 0.335. The average molecular weight is 440 g/mol. The van der Waals surface area contributed by atoms with Crippen molar-refractivity contribution in [1.29, 1.82) is 0 Å². The summed E-state index contributed by atoms with van der Waals surface area (Å²) in [5, 5.41) is 20.5. The Balaban J connectivity index is 2.51. The van der Waals surface area contributed by atoms with Crippen molar-refractivity contribution in [1.82, 2.24) is 0 Å². The molecule has 0 aliphatic heterocycles. The summed E-state index contributed by atoms with van der Waals surface area (Å²) in [6.45, 7) is 12.0. The van der Waals surface area contributed by atoms with Crippen molar-refractivity contribution in [3.8, 4) is 23.0 Å². The third kappa shape index (κ3) is 5.48. The van der Waals surface area contributed by atoms with Crippen LogP contribution in [0.15, 0.2) is 48.5 Å². The molecule has 0 heterocycles. The zero-order chi connectivity index (χ0) is 21.2. The van der Waals surface area contributed by atoms with Crippen LogP contribution in [0.5, 0.6) is 23.0 Å². The number of rotatable bonds is 8. The number of aromatic hydroxyl groups is 2. The summed E-state index contributed by atoms with van der Waals surface area (Å²) in [6.07, 6.45) is 0. The Hall–Kier alpha value is -1.58. The van der Waals surface area contributed by atoms with Gasteiger partial charge in [0.1, 0.15) is 0 Å². The SMILES string of the molecule is CC(C(=P)O[Si](C)(C)C)P(C)(C)(Oc1ccccc1O)Oc1ccccc1O. The van der Waals surface area contributed by atoms with E-state index in [0.717, 1.165) is 0 Å². The molecular weight excluding hydrogens is 410 g/mol. The molecule has 2 aromatic carbocycles. The van der Waals surface area contributed by atoms with Crippen LogP contribution in [0.4, 0.5) is 0 Å². The van der Waals surface area contributed by atoms with Gasteiger partial charge in [-0.15, -0.1) is 0 Å². The van der Waals surface area contributed by atoms with Gasteiger partial charge < -0.3 is 0 Å². The van der Waals surface area contributed by atoms with Crippen LogP contribution >= 0.6 is 15.9 Å². The molecule has 154 valence electrons. The Kier molecular flexibility index (Phi) is 6.52. The second-order valence-electron chi connectivity index (χ2n) is 8.35. The van der Waals surface area contributed by atoms with E-state index in [9.17, 15) is 10.2 Å². The molecule has 1 atom stereocenters. The maximum atomic E-state index is 10.3. The number of para-hydroxylation sites is 4. The summed E-state index contributed by atoms with van der Waals surface area (Å²) in [4.78, 5) is 0. The van der Waals surface area contributed by atoms with Gasteiger partial charge in [-0.2, -0.15) is 0 Å². The van der Waals surface area contributed by atoms with E-state index in [0.29, 0.717) is 17.0 Å². The van der Waals surface area contributed by atoms with Crippen molar-refractivity contribution in [2.24, 2.45) is 0 Å². The first-order valence-electron chi connectivity index (χ1n) is 9.05. The van der Waals surface area contributed by atoms with E-state index in [-0.39, 0.29) is 17.2 Å². The predicted octanol–water partition coefficient (Wildman–Crippen LogP) is 5.71. The number of phenolic OH excluding ortho intramolecular Hbond substituents is 2. The van der Waals surface area contributed by atoms with Crippen LogP contribution in [-0.2, 0) is 4.43 Å². The second-order valence-corrected chi connectivity index (χ2v) is 18.4. The van der Waals surface area contributed by atoms with Crippen molar-refractivity contribution in [3.63, 3.8) is 0 Å². The van der Waals surface area contributed by atoms with E-state index in [1.54, 1.807) is 48.5 Å². The van der Waals surface area contributed by atoms with Crippen molar-refractivity contribution >= 4 is 29.7 Å². The van der Waals surface area contributed by atoms with Crippen molar-refractivity contribution in [3.05, 3.63) is 48.5 Å². The second kappa shape index (κ2) is 8.04. The van der Waals surface area contributed by atoms with Gasteiger partial charge >= 0.3 is 170 Å². The van der Waals surface area contributed by atoms with E-state index >= 15 is 0 Å². The molecule has 2 aromatic rings. The summed E-state index contributed by atoms with van der Waals surface area (Å²) in [5.74, 6) is 0.685. The minimum atomic E-state index is -3.57. The Morgan fingerprint density at radius 3 is 1.64 bits per heavy atom. The molecule has 0 spiro atoms. The van der Waals surface area contributed by atoms with Crippen LogP contribution in [0.25, 0.3) is 0 Å². The van der Waals surface area contributed by atoms with Crippen LogP contribution in [-0.4, -0.2) is 43.0 Å². The molecule has 0 bridgehead atoms. The van der Waals surface area contributed by atoms with Crippen LogP contribution < -0.4 is 9.05 Å². The van der Waals surface area contributed by atoms with Gasteiger partial charge in [-0.05, 0) is 0 Å². The first-order chi connectivity index (χ1) is 12.8.